The molecule has 2 aliphatic rings. The Morgan fingerprint density at radius 3 is 2.70 bits per heavy atom. The van der Waals surface area contributed by atoms with Crippen LogP contribution in [-0.2, 0) is 4.79 Å². The van der Waals surface area contributed by atoms with Gasteiger partial charge in [-0.25, -0.2) is 0 Å². The van der Waals surface area contributed by atoms with Gasteiger partial charge >= 0.3 is 0 Å². The van der Waals surface area contributed by atoms with E-state index >= 15 is 0 Å². The highest BCUT2D eigenvalue weighted by Crippen LogP contribution is 2.35. The Balaban J connectivity index is 1.56. The second-order valence-corrected chi connectivity index (χ2v) is 7.68. The Morgan fingerprint density at radius 2 is 2.00 bits per heavy atom. The Bertz CT molecular complexity index is 662. The number of carbonyl (C=O) groups is 2. The Morgan fingerprint density at radius 1 is 1.22 bits per heavy atom. The van der Waals surface area contributed by atoms with Crippen molar-refractivity contribution in [3.05, 3.63) is 29.6 Å². The molecule has 0 spiro atoms. The molecule has 0 unspecified atom stereocenters. The molecule has 1 aromatic heterocycles. The zero-order chi connectivity index (χ0) is 19.2. The lowest BCUT2D eigenvalue weighted by Gasteiger charge is -2.30. The van der Waals surface area contributed by atoms with E-state index < -0.39 is 0 Å². The molecule has 2 amide bonds. The Kier molecular flexibility index (Phi) is 6.79. The molecule has 0 bridgehead atoms. The Labute approximate surface area is 160 Å². The van der Waals surface area contributed by atoms with Gasteiger partial charge in [0.2, 0.25) is 5.91 Å². The van der Waals surface area contributed by atoms with Gasteiger partial charge in [-0.1, -0.05) is 6.07 Å². The SMILES string of the molecule is Cc1cccnc1C(=O)NC[C@@H]1CC[C@H](CC(=O)NCCO)N1CC1CC1. The average molecular weight is 374 g/mol. The van der Waals surface area contributed by atoms with Crippen molar-refractivity contribution in [2.24, 2.45) is 5.92 Å². The van der Waals surface area contributed by atoms with Crippen LogP contribution in [0.25, 0.3) is 0 Å². The van der Waals surface area contributed by atoms with Crippen LogP contribution in [0.3, 0.4) is 0 Å². The fraction of sp³-hybridized carbons (Fsp3) is 0.650. The minimum Gasteiger partial charge on any atom is -0.395 e. The van der Waals surface area contributed by atoms with Crippen molar-refractivity contribution in [2.75, 3.05) is 26.2 Å². The first-order chi connectivity index (χ1) is 13.1. The van der Waals surface area contributed by atoms with Crippen molar-refractivity contribution in [3.63, 3.8) is 0 Å². The molecule has 1 aliphatic carbocycles. The molecule has 7 nitrogen and oxygen atoms in total. The third-order valence-corrected chi connectivity index (χ3v) is 5.51. The summed E-state index contributed by atoms with van der Waals surface area (Å²) in [6.07, 6.45) is 6.54. The average Bonchev–Trinajstić information content (AvgIpc) is 3.41. The molecule has 1 saturated carbocycles. The standard InChI is InChI=1S/C20H30N4O3/c1-14-3-2-8-22-19(14)20(27)23-12-17-7-6-16(11-18(26)21-9-10-25)24(17)13-15-4-5-15/h2-3,8,15-17,25H,4-7,9-13H2,1H3,(H,21,26)(H,23,27)/t16-,17+/m1/s1. The number of hydrogen-bond acceptors (Lipinski definition) is 5. The van der Waals surface area contributed by atoms with Crippen molar-refractivity contribution in [1.82, 2.24) is 20.5 Å². The molecule has 0 radical (unpaired) electrons. The highest BCUT2D eigenvalue weighted by atomic mass is 16.3. The van der Waals surface area contributed by atoms with Crippen molar-refractivity contribution >= 4 is 11.8 Å². The van der Waals surface area contributed by atoms with Gasteiger partial charge < -0.3 is 15.7 Å². The van der Waals surface area contributed by atoms with Crippen LogP contribution in [0.15, 0.2) is 18.3 Å². The highest BCUT2D eigenvalue weighted by molar-refractivity contribution is 5.93. The fourth-order valence-corrected chi connectivity index (χ4v) is 3.85. The number of pyridine rings is 1. The number of aliphatic hydroxyl groups excluding tert-OH is 1. The third-order valence-electron chi connectivity index (χ3n) is 5.51. The predicted molar refractivity (Wildman–Crippen MR) is 102 cm³/mol. The summed E-state index contributed by atoms with van der Waals surface area (Å²) >= 11 is 0. The van der Waals surface area contributed by atoms with E-state index in [2.05, 4.69) is 20.5 Å². The molecule has 3 rings (SSSR count). The van der Waals surface area contributed by atoms with Crippen molar-refractivity contribution < 1.29 is 14.7 Å². The molecule has 27 heavy (non-hydrogen) atoms. The number of aromatic nitrogens is 1. The van der Waals surface area contributed by atoms with E-state index in [-0.39, 0.29) is 30.5 Å². The molecule has 2 atom stereocenters. The molecule has 1 aliphatic heterocycles. The topological polar surface area (TPSA) is 94.6 Å². The summed E-state index contributed by atoms with van der Waals surface area (Å²) in [5, 5.41) is 14.6. The molecule has 3 N–H and O–H groups in total. The van der Waals surface area contributed by atoms with Gasteiger partial charge in [0.1, 0.15) is 5.69 Å². The molecule has 7 heteroatoms. The molecule has 1 aromatic rings. The van der Waals surface area contributed by atoms with Gasteiger partial charge in [0.25, 0.3) is 5.91 Å². The lowest BCUT2D eigenvalue weighted by atomic mass is 10.1. The van der Waals surface area contributed by atoms with Crippen molar-refractivity contribution in [3.8, 4) is 0 Å². The lowest BCUT2D eigenvalue weighted by Crippen LogP contribution is -2.45. The van der Waals surface area contributed by atoms with Gasteiger partial charge in [-0.05, 0) is 50.2 Å². The number of aryl methyl sites for hydroxylation is 1. The van der Waals surface area contributed by atoms with Crippen LogP contribution in [0, 0.1) is 12.8 Å². The van der Waals surface area contributed by atoms with Gasteiger partial charge in [-0.2, -0.15) is 0 Å². The highest BCUT2D eigenvalue weighted by Gasteiger charge is 2.38. The first-order valence-corrected chi connectivity index (χ1v) is 9.91. The van der Waals surface area contributed by atoms with Crippen molar-refractivity contribution in [2.45, 2.75) is 51.1 Å². The molecular formula is C20H30N4O3. The van der Waals surface area contributed by atoms with Crippen LogP contribution in [-0.4, -0.2) is 65.1 Å². The van der Waals surface area contributed by atoms with Gasteiger partial charge in [0.05, 0.1) is 6.61 Å². The largest absolute Gasteiger partial charge is 0.395 e. The zero-order valence-electron chi connectivity index (χ0n) is 16.0. The number of aliphatic hydroxyl groups is 1. The second-order valence-electron chi connectivity index (χ2n) is 7.68. The number of nitrogens with zero attached hydrogens (tertiary/aromatic N) is 2. The quantitative estimate of drug-likeness (QED) is 0.596. The Hall–Kier alpha value is -1.99. The summed E-state index contributed by atoms with van der Waals surface area (Å²) in [6, 6.07) is 4.18. The normalized spacial score (nSPS) is 22.6. The second kappa shape index (κ2) is 9.28. The van der Waals surface area contributed by atoms with Crippen LogP contribution >= 0.6 is 0 Å². The smallest absolute Gasteiger partial charge is 0.270 e. The molecule has 1 saturated heterocycles. The van der Waals surface area contributed by atoms with Crippen molar-refractivity contribution in [1.29, 1.82) is 0 Å². The van der Waals surface area contributed by atoms with Gasteiger partial charge in [-0.3, -0.25) is 19.5 Å². The van der Waals surface area contributed by atoms with E-state index in [0.29, 0.717) is 25.2 Å². The van der Waals surface area contributed by atoms with E-state index in [4.69, 9.17) is 5.11 Å². The number of amides is 2. The van der Waals surface area contributed by atoms with E-state index in [0.717, 1.165) is 30.9 Å². The number of rotatable bonds is 9. The molecule has 148 valence electrons. The van der Waals surface area contributed by atoms with Crippen LogP contribution in [0.4, 0.5) is 0 Å². The fourth-order valence-electron chi connectivity index (χ4n) is 3.85. The predicted octanol–water partition coefficient (Wildman–Crippen LogP) is 0.861. The number of hydrogen-bond donors (Lipinski definition) is 3. The zero-order valence-corrected chi connectivity index (χ0v) is 16.0. The van der Waals surface area contributed by atoms with Crippen LogP contribution < -0.4 is 10.6 Å². The number of carbonyl (C=O) groups excluding carboxylic acids is 2. The number of likely N-dealkylation sites (tertiary alicyclic amines) is 1. The van der Waals surface area contributed by atoms with E-state index in [1.807, 2.05) is 19.1 Å². The summed E-state index contributed by atoms with van der Waals surface area (Å²) in [6.45, 7) is 3.73. The maximum Gasteiger partial charge on any atom is 0.270 e. The van der Waals surface area contributed by atoms with E-state index in [9.17, 15) is 9.59 Å². The first-order valence-electron chi connectivity index (χ1n) is 9.91. The maximum absolute atomic E-state index is 12.5. The summed E-state index contributed by atoms with van der Waals surface area (Å²) < 4.78 is 0. The minimum atomic E-state index is -0.136. The first kappa shape index (κ1) is 19.8. The third kappa shape index (κ3) is 5.49. The molecule has 2 fully saturated rings. The van der Waals surface area contributed by atoms with E-state index in [1.165, 1.54) is 12.8 Å². The van der Waals surface area contributed by atoms with Gasteiger partial charge in [0, 0.05) is 44.3 Å². The van der Waals surface area contributed by atoms with Gasteiger partial charge in [0.15, 0.2) is 0 Å². The maximum atomic E-state index is 12.5. The summed E-state index contributed by atoms with van der Waals surface area (Å²) in [7, 11) is 0. The van der Waals surface area contributed by atoms with E-state index in [1.54, 1.807) is 6.20 Å². The monoisotopic (exact) mass is 374 g/mol. The number of nitrogens with one attached hydrogen (secondary N) is 2. The van der Waals surface area contributed by atoms with Crippen LogP contribution in [0.5, 0.6) is 0 Å². The summed E-state index contributed by atoms with van der Waals surface area (Å²) in [5.74, 6) is 0.578. The van der Waals surface area contributed by atoms with Crippen LogP contribution in [0.1, 0.15) is 48.2 Å². The van der Waals surface area contributed by atoms with Crippen LogP contribution in [0.2, 0.25) is 0 Å². The van der Waals surface area contributed by atoms with Gasteiger partial charge in [-0.15, -0.1) is 0 Å². The molecular weight excluding hydrogens is 344 g/mol. The lowest BCUT2D eigenvalue weighted by molar-refractivity contribution is -0.122. The summed E-state index contributed by atoms with van der Waals surface area (Å²) in [5.41, 5.74) is 1.35. The molecule has 2 heterocycles. The minimum absolute atomic E-state index is 0.0105. The molecule has 0 aromatic carbocycles. The summed E-state index contributed by atoms with van der Waals surface area (Å²) in [4.78, 5) is 31.1.